The van der Waals surface area contributed by atoms with Gasteiger partial charge in [-0.2, -0.15) is 0 Å². The third-order valence-electron chi connectivity index (χ3n) is 3.99. The molecule has 1 aromatic heterocycles. The van der Waals surface area contributed by atoms with Crippen LogP contribution in [0.3, 0.4) is 0 Å². The van der Waals surface area contributed by atoms with E-state index in [0.717, 1.165) is 23.3 Å². The highest BCUT2D eigenvalue weighted by Crippen LogP contribution is 2.20. The Balaban J connectivity index is 1.65. The second-order valence-corrected chi connectivity index (χ2v) is 5.64. The van der Waals surface area contributed by atoms with Gasteiger partial charge in [-0.05, 0) is 51.2 Å². The molecule has 4 nitrogen and oxygen atoms in total. The van der Waals surface area contributed by atoms with Gasteiger partial charge in [0.25, 0.3) is 5.91 Å². The average molecular weight is 283 g/mol. The second kappa shape index (κ2) is 6.12. The van der Waals surface area contributed by atoms with Crippen LogP contribution < -0.4 is 5.32 Å². The van der Waals surface area contributed by atoms with E-state index in [1.54, 1.807) is 0 Å². The Morgan fingerprint density at radius 1 is 1.38 bits per heavy atom. The van der Waals surface area contributed by atoms with Crippen LogP contribution in [-0.4, -0.2) is 22.4 Å². The molecule has 1 aromatic carbocycles. The minimum Gasteiger partial charge on any atom is -0.352 e. The number of rotatable bonds is 4. The van der Waals surface area contributed by atoms with Crippen molar-refractivity contribution in [2.75, 3.05) is 6.54 Å². The largest absolute Gasteiger partial charge is 0.352 e. The Morgan fingerprint density at radius 3 is 3.10 bits per heavy atom. The molecular weight excluding hydrogens is 262 g/mol. The number of aromatic amines is 1. The van der Waals surface area contributed by atoms with Crippen molar-refractivity contribution >= 4 is 16.9 Å². The molecule has 0 radical (unpaired) electrons. The van der Waals surface area contributed by atoms with E-state index in [-0.39, 0.29) is 5.91 Å². The van der Waals surface area contributed by atoms with Gasteiger partial charge in [-0.25, -0.2) is 4.98 Å². The first-order valence-electron chi connectivity index (χ1n) is 7.65. The molecule has 0 saturated carbocycles. The van der Waals surface area contributed by atoms with E-state index in [9.17, 15) is 4.79 Å². The normalized spacial score (nSPS) is 15.0. The molecule has 0 atom stereocenters. The fourth-order valence-electron chi connectivity index (χ4n) is 2.90. The number of imidazole rings is 1. The van der Waals surface area contributed by atoms with Crippen LogP contribution in [-0.2, 0) is 0 Å². The van der Waals surface area contributed by atoms with Gasteiger partial charge in [0.2, 0.25) is 0 Å². The number of benzene rings is 1. The average Bonchev–Trinajstić information content (AvgIpc) is 2.88. The van der Waals surface area contributed by atoms with Crippen molar-refractivity contribution in [1.29, 1.82) is 0 Å². The molecule has 110 valence electrons. The monoisotopic (exact) mass is 283 g/mol. The zero-order chi connectivity index (χ0) is 14.7. The molecule has 3 rings (SSSR count). The van der Waals surface area contributed by atoms with E-state index in [0.29, 0.717) is 12.1 Å². The van der Waals surface area contributed by atoms with Gasteiger partial charge in [0.15, 0.2) is 0 Å². The van der Waals surface area contributed by atoms with Crippen molar-refractivity contribution in [3.05, 3.63) is 41.2 Å². The lowest BCUT2D eigenvalue weighted by Crippen LogP contribution is -2.25. The molecule has 21 heavy (non-hydrogen) atoms. The lowest BCUT2D eigenvalue weighted by atomic mass is 9.97. The summed E-state index contributed by atoms with van der Waals surface area (Å²) < 4.78 is 0. The first-order chi connectivity index (χ1) is 10.2. The molecule has 2 N–H and O–H groups in total. The zero-order valence-electron chi connectivity index (χ0n) is 12.4. The number of aromatic nitrogens is 2. The first kappa shape index (κ1) is 13.9. The Labute approximate surface area is 124 Å². The molecule has 0 bridgehead atoms. The SMILES string of the molecule is Cc1nc2c(C(=O)NCCC3=CCCCC3)cccc2[nH]1. The van der Waals surface area contributed by atoms with Crippen LogP contribution in [0.15, 0.2) is 29.8 Å². The predicted octanol–water partition coefficient (Wildman–Crippen LogP) is 3.49. The van der Waals surface area contributed by atoms with Gasteiger partial charge in [0, 0.05) is 6.54 Å². The summed E-state index contributed by atoms with van der Waals surface area (Å²) in [4.78, 5) is 19.9. The predicted molar refractivity (Wildman–Crippen MR) is 84.3 cm³/mol. The van der Waals surface area contributed by atoms with Crippen LogP contribution >= 0.6 is 0 Å². The molecule has 0 saturated heterocycles. The number of carbonyl (C=O) groups excluding carboxylic acids is 1. The van der Waals surface area contributed by atoms with Crippen LogP contribution in [0, 0.1) is 6.92 Å². The number of nitrogens with zero attached hydrogens (tertiary/aromatic N) is 1. The molecule has 1 heterocycles. The molecule has 2 aromatic rings. The number of hydrogen-bond donors (Lipinski definition) is 2. The van der Waals surface area contributed by atoms with E-state index < -0.39 is 0 Å². The summed E-state index contributed by atoms with van der Waals surface area (Å²) >= 11 is 0. The molecule has 1 aliphatic carbocycles. The molecule has 0 aliphatic heterocycles. The van der Waals surface area contributed by atoms with E-state index in [1.165, 1.54) is 31.3 Å². The molecular formula is C17H21N3O. The number of allylic oxidation sites excluding steroid dienone is 1. The standard InChI is InChI=1S/C17H21N3O/c1-12-19-15-9-5-8-14(16(15)20-12)17(21)18-11-10-13-6-3-2-4-7-13/h5-6,8-9H,2-4,7,10-11H2,1H3,(H,18,21)(H,19,20). The summed E-state index contributed by atoms with van der Waals surface area (Å²) in [6.07, 6.45) is 8.25. The number of fused-ring (bicyclic) bond motifs is 1. The third kappa shape index (κ3) is 3.15. The number of amides is 1. The number of H-pyrrole nitrogens is 1. The summed E-state index contributed by atoms with van der Waals surface area (Å²) in [5, 5.41) is 3.01. The highest BCUT2D eigenvalue weighted by Gasteiger charge is 2.12. The van der Waals surface area contributed by atoms with Gasteiger partial charge >= 0.3 is 0 Å². The van der Waals surface area contributed by atoms with Crippen molar-refractivity contribution in [1.82, 2.24) is 15.3 Å². The van der Waals surface area contributed by atoms with Crippen molar-refractivity contribution < 1.29 is 4.79 Å². The fraction of sp³-hybridized carbons (Fsp3) is 0.412. The lowest BCUT2D eigenvalue weighted by molar-refractivity contribution is 0.0955. The van der Waals surface area contributed by atoms with E-state index in [4.69, 9.17) is 0 Å². The van der Waals surface area contributed by atoms with E-state index >= 15 is 0 Å². The van der Waals surface area contributed by atoms with Gasteiger partial charge in [-0.15, -0.1) is 0 Å². The summed E-state index contributed by atoms with van der Waals surface area (Å²) in [6.45, 7) is 2.60. The second-order valence-electron chi connectivity index (χ2n) is 5.64. The van der Waals surface area contributed by atoms with Gasteiger partial charge < -0.3 is 10.3 Å². The molecule has 0 unspecified atom stereocenters. The highest BCUT2D eigenvalue weighted by molar-refractivity contribution is 6.04. The minimum absolute atomic E-state index is 0.0384. The zero-order valence-corrected chi connectivity index (χ0v) is 12.4. The van der Waals surface area contributed by atoms with Crippen molar-refractivity contribution in [3.63, 3.8) is 0 Å². The number of nitrogens with one attached hydrogen (secondary N) is 2. The van der Waals surface area contributed by atoms with Crippen molar-refractivity contribution in [3.8, 4) is 0 Å². The van der Waals surface area contributed by atoms with Crippen LogP contribution in [0.1, 0.15) is 48.3 Å². The lowest BCUT2D eigenvalue weighted by Gasteiger charge is -2.13. The maximum Gasteiger partial charge on any atom is 0.253 e. The summed E-state index contributed by atoms with van der Waals surface area (Å²) in [6, 6.07) is 5.66. The Kier molecular flexibility index (Phi) is 4.04. The maximum atomic E-state index is 12.3. The van der Waals surface area contributed by atoms with Crippen LogP contribution in [0.2, 0.25) is 0 Å². The number of aryl methyl sites for hydroxylation is 1. The van der Waals surface area contributed by atoms with Crippen molar-refractivity contribution in [2.45, 2.75) is 39.0 Å². The quantitative estimate of drug-likeness (QED) is 0.844. The van der Waals surface area contributed by atoms with Gasteiger partial charge in [0.05, 0.1) is 11.1 Å². The number of para-hydroxylation sites is 1. The first-order valence-corrected chi connectivity index (χ1v) is 7.65. The molecule has 4 heteroatoms. The van der Waals surface area contributed by atoms with Crippen LogP contribution in [0.5, 0.6) is 0 Å². The van der Waals surface area contributed by atoms with E-state index in [2.05, 4.69) is 21.4 Å². The molecule has 1 aliphatic rings. The van der Waals surface area contributed by atoms with Gasteiger partial charge in [-0.1, -0.05) is 17.7 Å². The highest BCUT2D eigenvalue weighted by atomic mass is 16.1. The molecule has 1 amide bonds. The summed E-state index contributed by atoms with van der Waals surface area (Å²) in [5.41, 5.74) is 3.80. The smallest absolute Gasteiger partial charge is 0.253 e. The third-order valence-corrected chi connectivity index (χ3v) is 3.99. The Bertz CT molecular complexity index is 684. The Morgan fingerprint density at radius 2 is 2.29 bits per heavy atom. The van der Waals surface area contributed by atoms with Crippen molar-refractivity contribution in [2.24, 2.45) is 0 Å². The number of hydrogen-bond acceptors (Lipinski definition) is 2. The summed E-state index contributed by atoms with van der Waals surface area (Å²) in [5.74, 6) is 0.793. The van der Waals surface area contributed by atoms with Crippen LogP contribution in [0.4, 0.5) is 0 Å². The van der Waals surface area contributed by atoms with Gasteiger partial charge in [0.1, 0.15) is 11.3 Å². The maximum absolute atomic E-state index is 12.3. The Hall–Kier alpha value is -2.10. The van der Waals surface area contributed by atoms with Crippen LogP contribution in [0.25, 0.3) is 11.0 Å². The summed E-state index contributed by atoms with van der Waals surface area (Å²) in [7, 11) is 0. The topological polar surface area (TPSA) is 57.8 Å². The van der Waals surface area contributed by atoms with E-state index in [1.807, 2.05) is 25.1 Å². The molecule has 0 spiro atoms. The minimum atomic E-state index is -0.0384. The van der Waals surface area contributed by atoms with Gasteiger partial charge in [-0.3, -0.25) is 4.79 Å². The number of carbonyl (C=O) groups is 1. The fourth-order valence-corrected chi connectivity index (χ4v) is 2.90. The molecule has 0 fully saturated rings.